The van der Waals surface area contributed by atoms with Crippen molar-refractivity contribution in [2.75, 3.05) is 0 Å². The maximum absolute atomic E-state index is 9.67. The van der Waals surface area contributed by atoms with E-state index >= 15 is 0 Å². The van der Waals surface area contributed by atoms with E-state index in [0.717, 1.165) is 24.3 Å². The van der Waals surface area contributed by atoms with Crippen LogP contribution >= 0.6 is 0 Å². The monoisotopic (exact) mass is 357 g/mol. The summed E-state index contributed by atoms with van der Waals surface area (Å²) in [6.07, 6.45) is 3.93. The van der Waals surface area contributed by atoms with Crippen molar-refractivity contribution in [2.45, 2.75) is 24.4 Å². The zero-order valence-electron chi connectivity index (χ0n) is 5.25. The van der Waals surface area contributed by atoms with E-state index in [0.29, 0.717) is 0 Å². The first-order valence-electron chi connectivity index (χ1n) is 2.70. The summed E-state index contributed by atoms with van der Waals surface area (Å²) in [4.78, 5) is 9.67. The van der Waals surface area contributed by atoms with Gasteiger partial charge >= 0.3 is 81.4 Å². The van der Waals surface area contributed by atoms with Crippen molar-refractivity contribution in [1.29, 1.82) is 0 Å². The van der Waals surface area contributed by atoms with E-state index in [9.17, 15) is 4.79 Å². The Morgan fingerprint density at radius 2 is 1.89 bits per heavy atom. The van der Waals surface area contributed by atoms with Gasteiger partial charge in [-0.3, -0.25) is 0 Å². The van der Waals surface area contributed by atoms with E-state index in [1.165, 1.54) is 6.42 Å². The molecule has 0 amide bonds. The molecule has 0 atom stereocenters. The fourth-order valence-corrected chi connectivity index (χ4v) is 0.689. The van der Waals surface area contributed by atoms with Gasteiger partial charge in [0.25, 0.3) is 0 Å². The molecule has 49 valence electrons. The number of aldehydes is 1. The first kappa shape index (κ1) is 12.6. The summed E-state index contributed by atoms with van der Waals surface area (Å²) in [7, 11) is 0. The van der Waals surface area contributed by atoms with Crippen LogP contribution in [0.1, 0.15) is 19.3 Å². The molecule has 0 rings (SSSR count). The summed E-state index contributed by atoms with van der Waals surface area (Å²) in [5, 5.41) is 1.14. The Kier molecular flexibility index (Phi) is 22.4. The second-order valence-corrected chi connectivity index (χ2v) is 2.08. The molecule has 0 radical (unpaired) electrons. The first-order valence-corrected chi connectivity index (χ1v) is 5.52. The summed E-state index contributed by atoms with van der Waals surface area (Å²) in [5.74, 6) is 0. The second kappa shape index (κ2) is 16.0. The average molecular weight is 356 g/mol. The molecule has 0 saturated carbocycles. The third-order valence-electron chi connectivity index (χ3n) is 0.730. The Bertz CT molecular complexity index is 60.9. The van der Waals surface area contributed by atoms with Crippen LogP contribution in [0.2, 0.25) is 5.13 Å². The molecule has 0 unspecified atom stereocenters. The molecule has 0 heterocycles. The van der Waals surface area contributed by atoms with Crippen LogP contribution in [0.25, 0.3) is 0 Å². The van der Waals surface area contributed by atoms with Crippen molar-refractivity contribution in [2.24, 2.45) is 0 Å². The normalized spacial score (nSPS) is 7.33. The molecule has 0 aliphatic rings. The molecule has 0 aromatic rings. The third-order valence-corrected chi connectivity index (χ3v) is 1.22. The molecule has 0 saturated heterocycles. The van der Waals surface area contributed by atoms with Crippen molar-refractivity contribution in [3.05, 3.63) is 0 Å². The predicted octanol–water partition coefficient (Wildman–Crippen LogP) is 0.821. The molecule has 9 heavy (non-hydrogen) atoms. The number of unbranched alkanes of at least 4 members (excludes halogenated alkanes) is 2. The van der Waals surface area contributed by atoms with Gasteiger partial charge in [0, 0.05) is 0 Å². The van der Waals surface area contributed by atoms with Gasteiger partial charge in [-0.1, -0.05) is 0 Å². The van der Waals surface area contributed by atoms with Crippen LogP contribution in [0.3, 0.4) is 0 Å². The molecule has 0 aliphatic carbocycles. The molecule has 4 heteroatoms. The van der Waals surface area contributed by atoms with Crippen molar-refractivity contribution in [3.63, 3.8) is 0 Å². The van der Waals surface area contributed by atoms with E-state index in [4.69, 9.17) is 2.69 Å². The molecular formula is C5H9O2TlV. The molecule has 0 spiro atoms. The van der Waals surface area contributed by atoms with Crippen LogP contribution in [0.4, 0.5) is 0 Å². The van der Waals surface area contributed by atoms with Gasteiger partial charge in [0.05, 0.1) is 0 Å². The quantitative estimate of drug-likeness (QED) is 0.425. The number of hydrogen-bond donors (Lipinski definition) is 0. The van der Waals surface area contributed by atoms with Crippen molar-refractivity contribution in [1.82, 2.24) is 0 Å². The van der Waals surface area contributed by atoms with Crippen LogP contribution in [0.5, 0.6) is 0 Å². The zero-order valence-corrected chi connectivity index (χ0v) is 11.1. The summed E-state index contributed by atoms with van der Waals surface area (Å²) < 4.78 is 8.42. The molecular weight excluding hydrogens is 347 g/mol. The molecule has 0 bridgehead atoms. The van der Waals surface area contributed by atoms with Crippen LogP contribution in [0, 0.1) is 0 Å². The van der Waals surface area contributed by atoms with Gasteiger partial charge in [-0.05, 0) is 0 Å². The third kappa shape index (κ3) is 17.6. The van der Waals surface area contributed by atoms with Crippen LogP contribution in [0.15, 0.2) is 0 Å². The summed E-state index contributed by atoms with van der Waals surface area (Å²) in [6, 6.07) is 0. The van der Waals surface area contributed by atoms with Crippen molar-refractivity contribution >= 4 is 32.1 Å². The van der Waals surface area contributed by atoms with E-state index in [-0.39, 0.29) is 25.8 Å². The topological polar surface area (TPSA) is 34.1 Å². The Morgan fingerprint density at radius 3 is 2.22 bits per heavy atom. The van der Waals surface area contributed by atoms with Gasteiger partial charge in [-0.2, -0.15) is 0 Å². The van der Waals surface area contributed by atoms with Crippen LogP contribution in [-0.4, -0.2) is 32.1 Å². The Hall–Kier alpha value is 0.976. The van der Waals surface area contributed by atoms with Crippen molar-refractivity contribution < 1.29 is 24.9 Å². The van der Waals surface area contributed by atoms with E-state index in [2.05, 4.69) is 17.4 Å². The Morgan fingerprint density at radius 1 is 1.33 bits per heavy atom. The number of hydrogen-bond acceptors (Lipinski definition) is 2. The Balaban J connectivity index is 0. The van der Waals surface area contributed by atoms with Gasteiger partial charge in [0.2, 0.25) is 0 Å². The summed E-state index contributed by atoms with van der Waals surface area (Å²) >= 11 is 2.42. The van der Waals surface area contributed by atoms with E-state index in [1.54, 1.807) is 0 Å². The van der Waals surface area contributed by atoms with Crippen LogP contribution < -0.4 is 0 Å². The predicted molar refractivity (Wildman–Crippen MR) is 31.2 cm³/mol. The zero-order chi connectivity index (χ0) is 7.54. The minimum atomic E-state index is -0.0833. The molecule has 0 N–H and O–H groups in total. The SMILES string of the molecule is O=CCCC[CH2][V].[O]=[Tl]. The van der Waals surface area contributed by atoms with Crippen molar-refractivity contribution in [3.8, 4) is 0 Å². The summed E-state index contributed by atoms with van der Waals surface area (Å²) in [6.45, 7) is 0. The molecule has 0 fully saturated rings. The molecule has 2 nitrogen and oxygen atoms in total. The van der Waals surface area contributed by atoms with E-state index < -0.39 is 0 Å². The number of carbonyl (C=O) groups excluding carboxylic acids is 1. The molecule has 0 aromatic carbocycles. The summed E-state index contributed by atoms with van der Waals surface area (Å²) in [5.41, 5.74) is 0. The maximum atomic E-state index is 9.67. The fraction of sp³-hybridized carbons (Fsp3) is 0.800. The average Bonchev–Trinajstić information content (AvgIpc) is 1.94. The van der Waals surface area contributed by atoms with E-state index in [1.807, 2.05) is 0 Å². The standard InChI is InChI=1S/C5H9O.O.Tl.V/c1-2-3-4-5-6;;;/h5H,1-4H2;;;. The van der Waals surface area contributed by atoms with Gasteiger partial charge in [-0.15, -0.1) is 0 Å². The Labute approximate surface area is 80.9 Å². The fourth-order valence-electron chi connectivity index (χ4n) is 0.339. The molecule has 0 aromatic heterocycles. The van der Waals surface area contributed by atoms with Gasteiger partial charge in [-0.25, -0.2) is 0 Å². The van der Waals surface area contributed by atoms with Gasteiger partial charge < -0.3 is 0 Å². The second-order valence-electron chi connectivity index (χ2n) is 1.39. The molecule has 0 aliphatic heterocycles. The van der Waals surface area contributed by atoms with Gasteiger partial charge in [0.1, 0.15) is 0 Å². The number of carbonyl (C=O) groups is 1. The van der Waals surface area contributed by atoms with Crippen LogP contribution in [-0.2, 0) is 24.9 Å². The van der Waals surface area contributed by atoms with Gasteiger partial charge in [0.15, 0.2) is 0 Å². The number of rotatable bonds is 4. The minimum absolute atomic E-state index is 0.0833. The first-order chi connectivity index (χ1) is 4.41.